The zero-order valence-corrected chi connectivity index (χ0v) is 20.2. The minimum atomic E-state index is -0.990. The average molecular weight is 604 g/mol. The maximum Gasteiger partial charge on any atom is 0.354 e. The number of aromatic nitrogens is 2. The fourth-order valence-electron chi connectivity index (χ4n) is 3.60. The van der Waals surface area contributed by atoms with Gasteiger partial charge in [-0.1, -0.05) is 37.6 Å². The first-order valence-corrected chi connectivity index (χ1v) is 10.2. The number of carboxylic acid groups (broad SMARTS) is 1. The van der Waals surface area contributed by atoms with Crippen molar-refractivity contribution in [1.29, 1.82) is 0 Å². The van der Waals surface area contributed by atoms with Gasteiger partial charge in [-0.15, -0.1) is 29.8 Å². The molecule has 0 unspecified atom stereocenters. The number of nitrogens with zero attached hydrogens (tertiary/aromatic N) is 2. The number of rotatable bonds is 3. The van der Waals surface area contributed by atoms with Crippen LogP contribution in [0.25, 0.3) is 22.2 Å². The van der Waals surface area contributed by atoms with Crippen LogP contribution >= 0.6 is 0 Å². The predicted molar refractivity (Wildman–Crippen MR) is 120 cm³/mol. The Morgan fingerprint density at radius 1 is 1.16 bits per heavy atom. The van der Waals surface area contributed by atoms with E-state index in [9.17, 15) is 4.79 Å². The van der Waals surface area contributed by atoms with E-state index in [4.69, 9.17) is 14.8 Å². The molecule has 2 aromatic carbocycles. The Morgan fingerprint density at radius 3 is 2.69 bits per heavy atom. The van der Waals surface area contributed by atoms with Gasteiger partial charge in [-0.05, 0) is 42.2 Å². The molecule has 0 atom stereocenters. The normalized spacial score (nSPS) is 11.3. The van der Waals surface area contributed by atoms with Crippen LogP contribution in [0.2, 0.25) is 0 Å². The van der Waals surface area contributed by atoms with E-state index in [1.165, 1.54) is 23.2 Å². The van der Waals surface area contributed by atoms with Crippen molar-refractivity contribution in [2.45, 2.75) is 26.9 Å². The molecule has 0 spiro atoms. The van der Waals surface area contributed by atoms with Gasteiger partial charge in [-0.25, -0.2) is 9.78 Å². The Labute approximate surface area is 200 Å². The summed E-state index contributed by atoms with van der Waals surface area (Å²) in [4.78, 5) is 18.6. The Kier molecular flexibility index (Phi) is 7.73. The van der Waals surface area contributed by atoms with Crippen molar-refractivity contribution in [2.24, 2.45) is 5.92 Å². The van der Waals surface area contributed by atoms with E-state index in [0.29, 0.717) is 12.5 Å². The van der Waals surface area contributed by atoms with Crippen molar-refractivity contribution < 1.29 is 34.7 Å². The molecular formula is C26H23IrN2O3-. The van der Waals surface area contributed by atoms with Gasteiger partial charge in [0.05, 0.1) is 12.1 Å². The standard InChI is InChI=1S/C20H18NO.C6H5NO2.Ir/c1-13(2)10-14-7-5-9-18-17(14)11-19-20(21-18)16-8-4-3-6-15(16)12-22-19;8-6(9)5-3-1-2-4-7-5;/h3-7,9,11,13H,10,12H2,1-2H3;1-4H,(H,8,9);/q-1;;. The van der Waals surface area contributed by atoms with E-state index in [1.807, 2.05) is 12.1 Å². The molecule has 5 rings (SSSR count). The first-order valence-electron chi connectivity index (χ1n) is 10.2. The Bertz CT molecular complexity index is 1230. The van der Waals surface area contributed by atoms with Crippen molar-refractivity contribution in [3.63, 3.8) is 0 Å². The van der Waals surface area contributed by atoms with Crippen LogP contribution in [0.4, 0.5) is 0 Å². The number of aromatic carboxylic acids is 1. The molecule has 0 aliphatic carbocycles. The largest absolute Gasteiger partial charge is 0.506 e. The molecule has 3 heterocycles. The third kappa shape index (κ3) is 5.21. The zero-order chi connectivity index (χ0) is 21.8. The van der Waals surface area contributed by atoms with Gasteiger partial charge >= 0.3 is 5.97 Å². The Balaban J connectivity index is 0.000000246. The molecular weight excluding hydrogens is 581 g/mol. The van der Waals surface area contributed by atoms with Gasteiger partial charge in [-0.3, -0.25) is 4.98 Å². The number of hydrogen-bond donors (Lipinski definition) is 1. The third-order valence-electron chi connectivity index (χ3n) is 4.99. The van der Waals surface area contributed by atoms with E-state index >= 15 is 0 Å². The summed E-state index contributed by atoms with van der Waals surface area (Å²) in [5.74, 6) is 0.505. The summed E-state index contributed by atoms with van der Waals surface area (Å²) in [7, 11) is 0. The molecule has 2 aromatic heterocycles. The number of pyridine rings is 2. The van der Waals surface area contributed by atoms with Crippen LogP contribution < -0.4 is 4.74 Å². The number of carboxylic acids is 1. The zero-order valence-electron chi connectivity index (χ0n) is 17.8. The van der Waals surface area contributed by atoms with Crippen LogP contribution in [0.5, 0.6) is 5.75 Å². The summed E-state index contributed by atoms with van der Waals surface area (Å²) in [6.45, 7) is 5.08. The second-order valence-electron chi connectivity index (χ2n) is 7.80. The summed E-state index contributed by atoms with van der Waals surface area (Å²) in [5.41, 5.74) is 5.59. The summed E-state index contributed by atoms with van der Waals surface area (Å²) in [6.07, 6.45) is 2.50. The molecule has 6 heteroatoms. The van der Waals surface area contributed by atoms with Crippen LogP contribution in [0.3, 0.4) is 0 Å². The average Bonchev–Trinajstić information content (AvgIpc) is 2.79. The van der Waals surface area contributed by atoms with Crippen molar-refractivity contribution in [3.8, 4) is 17.0 Å². The quantitative estimate of drug-likeness (QED) is 0.310. The summed E-state index contributed by atoms with van der Waals surface area (Å²) < 4.78 is 5.94. The van der Waals surface area contributed by atoms with E-state index in [2.05, 4.69) is 55.2 Å². The van der Waals surface area contributed by atoms with Crippen molar-refractivity contribution in [1.82, 2.24) is 9.97 Å². The molecule has 4 aromatic rings. The van der Waals surface area contributed by atoms with E-state index in [1.54, 1.807) is 12.1 Å². The maximum atomic E-state index is 10.1. The molecule has 5 nitrogen and oxygen atoms in total. The first kappa shape index (κ1) is 23.6. The second kappa shape index (κ2) is 10.5. The van der Waals surface area contributed by atoms with E-state index in [-0.39, 0.29) is 25.8 Å². The second-order valence-corrected chi connectivity index (χ2v) is 7.80. The van der Waals surface area contributed by atoms with Crippen LogP contribution in [0, 0.1) is 12.0 Å². The molecule has 1 N–H and O–H groups in total. The number of ether oxygens (including phenoxy) is 1. The topological polar surface area (TPSA) is 72.3 Å². The van der Waals surface area contributed by atoms with Gasteiger partial charge < -0.3 is 9.84 Å². The van der Waals surface area contributed by atoms with E-state index in [0.717, 1.165) is 34.5 Å². The van der Waals surface area contributed by atoms with Crippen LogP contribution in [0.1, 0.15) is 35.5 Å². The summed E-state index contributed by atoms with van der Waals surface area (Å²) in [6, 6.07) is 22.6. The predicted octanol–water partition coefficient (Wildman–Crippen LogP) is 5.57. The molecule has 0 fully saturated rings. The fourth-order valence-corrected chi connectivity index (χ4v) is 3.60. The fraction of sp³-hybridized carbons (Fsp3) is 0.192. The third-order valence-corrected chi connectivity index (χ3v) is 4.99. The van der Waals surface area contributed by atoms with Gasteiger partial charge in [0.2, 0.25) is 0 Å². The van der Waals surface area contributed by atoms with Gasteiger partial charge in [0, 0.05) is 37.4 Å². The summed E-state index contributed by atoms with van der Waals surface area (Å²) >= 11 is 0. The van der Waals surface area contributed by atoms with Crippen LogP contribution in [-0.4, -0.2) is 21.0 Å². The van der Waals surface area contributed by atoms with Gasteiger partial charge in [0.25, 0.3) is 0 Å². The maximum absolute atomic E-state index is 10.1. The smallest absolute Gasteiger partial charge is 0.354 e. The molecule has 0 amide bonds. The minimum Gasteiger partial charge on any atom is -0.506 e. The molecule has 32 heavy (non-hydrogen) atoms. The number of benzene rings is 2. The SMILES string of the molecule is CC(C)Cc1cccc2nc3c(cc12)OCc1ccc[c-]c1-3.O=C(O)c1ccccn1.[Ir]. The Hall–Kier alpha value is -3.08. The molecule has 0 saturated heterocycles. The van der Waals surface area contributed by atoms with Gasteiger partial charge in [0.1, 0.15) is 11.4 Å². The molecule has 1 aliphatic rings. The van der Waals surface area contributed by atoms with Crippen molar-refractivity contribution in [2.75, 3.05) is 0 Å². The molecule has 0 saturated carbocycles. The van der Waals surface area contributed by atoms with Crippen molar-refractivity contribution in [3.05, 3.63) is 89.7 Å². The molecule has 0 bridgehead atoms. The Morgan fingerprint density at radius 2 is 2.00 bits per heavy atom. The number of hydrogen-bond acceptors (Lipinski definition) is 4. The van der Waals surface area contributed by atoms with Crippen LogP contribution in [0.15, 0.2) is 66.9 Å². The first-order chi connectivity index (χ1) is 15.0. The number of fused-ring (bicyclic) bond motifs is 4. The monoisotopic (exact) mass is 604 g/mol. The van der Waals surface area contributed by atoms with Gasteiger partial charge in [-0.2, -0.15) is 0 Å². The molecule has 165 valence electrons. The number of carbonyl (C=O) groups is 1. The minimum absolute atomic E-state index is 0. The van der Waals surface area contributed by atoms with Crippen LogP contribution in [-0.2, 0) is 33.1 Å². The van der Waals surface area contributed by atoms with E-state index < -0.39 is 5.97 Å². The summed E-state index contributed by atoms with van der Waals surface area (Å²) in [5, 5.41) is 9.53. The van der Waals surface area contributed by atoms with Crippen molar-refractivity contribution >= 4 is 16.9 Å². The molecule has 1 aliphatic heterocycles. The molecule has 1 radical (unpaired) electrons. The van der Waals surface area contributed by atoms with Gasteiger partial charge in [0.15, 0.2) is 0 Å².